The number of halogens is 4. The van der Waals surface area contributed by atoms with Gasteiger partial charge in [0.15, 0.2) is 17.3 Å². The number of carbonyl (C=O) groups excluding carboxylic acids is 1. The van der Waals surface area contributed by atoms with Crippen molar-refractivity contribution < 1.29 is 18.7 Å². The van der Waals surface area contributed by atoms with E-state index in [1.165, 1.54) is 6.21 Å². The third kappa shape index (κ3) is 6.46. The van der Waals surface area contributed by atoms with Gasteiger partial charge in [-0.05, 0) is 92.4 Å². The number of benzene rings is 3. The summed E-state index contributed by atoms with van der Waals surface area (Å²) in [5, 5.41) is 5.53. The van der Waals surface area contributed by atoms with Crippen molar-refractivity contribution in [2.24, 2.45) is 5.10 Å². The molecule has 1 heterocycles. The fourth-order valence-electron chi connectivity index (χ4n) is 3.21. The van der Waals surface area contributed by atoms with Crippen LogP contribution < -0.4 is 14.9 Å². The fraction of sp³-hybridized carbons (Fsp3) is 0.120. The molecule has 1 aromatic heterocycles. The summed E-state index contributed by atoms with van der Waals surface area (Å²) in [6.07, 6.45) is 1.52. The number of ether oxygens (including phenoxy) is 2. The number of furan rings is 1. The average molecular weight is 686 g/mol. The van der Waals surface area contributed by atoms with Gasteiger partial charge in [0, 0.05) is 14.9 Å². The molecule has 0 aliphatic carbocycles. The van der Waals surface area contributed by atoms with Crippen LogP contribution in [0.15, 0.2) is 77.5 Å². The van der Waals surface area contributed by atoms with Gasteiger partial charge in [-0.3, -0.25) is 4.79 Å². The Balaban J connectivity index is 1.47. The molecule has 0 saturated heterocycles. The van der Waals surface area contributed by atoms with E-state index in [0.29, 0.717) is 45.4 Å². The number of hydrogen-bond donors (Lipinski definition) is 1. The van der Waals surface area contributed by atoms with Gasteiger partial charge in [0.1, 0.15) is 12.2 Å². The predicted molar refractivity (Wildman–Crippen MR) is 148 cm³/mol. The van der Waals surface area contributed by atoms with Gasteiger partial charge in [-0.15, -0.1) is 0 Å². The Morgan fingerprint density at radius 2 is 1.83 bits per heavy atom. The zero-order chi connectivity index (χ0) is 24.9. The van der Waals surface area contributed by atoms with E-state index in [-0.39, 0.29) is 5.76 Å². The molecule has 0 fully saturated rings. The highest BCUT2D eigenvalue weighted by Crippen LogP contribution is 2.37. The van der Waals surface area contributed by atoms with Crippen molar-refractivity contribution in [3.63, 3.8) is 0 Å². The molecule has 10 heteroatoms. The van der Waals surface area contributed by atoms with Crippen LogP contribution in [0.3, 0.4) is 0 Å². The van der Waals surface area contributed by atoms with Crippen molar-refractivity contribution >= 4 is 82.5 Å². The molecule has 0 aliphatic heterocycles. The Kier molecular flexibility index (Phi) is 8.54. The number of carbonyl (C=O) groups is 1. The third-order valence-electron chi connectivity index (χ3n) is 4.77. The number of hydrogen-bond acceptors (Lipinski definition) is 5. The first-order valence-electron chi connectivity index (χ1n) is 10.4. The van der Waals surface area contributed by atoms with E-state index in [9.17, 15) is 4.79 Å². The molecule has 0 spiro atoms. The Bertz CT molecular complexity index is 1400. The highest BCUT2D eigenvalue weighted by molar-refractivity contribution is 9.11. The van der Waals surface area contributed by atoms with Crippen molar-refractivity contribution in [1.82, 2.24) is 5.43 Å². The zero-order valence-corrected chi connectivity index (χ0v) is 23.8. The molecule has 4 rings (SSSR count). The van der Waals surface area contributed by atoms with E-state index >= 15 is 0 Å². The largest absolute Gasteiger partial charge is 0.490 e. The second-order valence-corrected chi connectivity index (χ2v) is 10.4. The Hall–Kier alpha value is -2.33. The number of amides is 1. The highest BCUT2D eigenvalue weighted by atomic mass is 79.9. The van der Waals surface area contributed by atoms with Crippen LogP contribution >= 0.6 is 59.4 Å². The first kappa shape index (κ1) is 25.8. The van der Waals surface area contributed by atoms with Crippen LogP contribution in [0.5, 0.6) is 11.5 Å². The molecule has 180 valence electrons. The summed E-state index contributed by atoms with van der Waals surface area (Å²) < 4.78 is 19.8. The normalized spacial score (nSPS) is 11.2. The number of fused-ring (bicyclic) bond motifs is 1. The molecule has 0 radical (unpaired) electrons. The second-order valence-electron chi connectivity index (χ2n) is 7.29. The Morgan fingerprint density at radius 1 is 1.06 bits per heavy atom. The molecule has 1 N–H and O–H groups in total. The van der Waals surface area contributed by atoms with Crippen LogP contribution in [0, 0.1) is 0 Å². The van der Waals surface area contributed by atoms with Gasteiger partial charge in [-0.1, -0.05) is 39.7 Å². The van der Waals surface area contributed by atoms with Crippen LogP contribution in [0.4, 0.5) is 0 Å². The SMILES string of the molecule is CCOc1cc(/C=N\NC(=O)c2cc3cc(Br)cc(Br)c3o2)cc(Br)c1OCc1ccc(Cl)cc1. The number of nitrogens with one attached hydrogen (secondary N) is 1. The van der Waals surface area contributed by atoms with Crippen molar-refractivity contribution in [3.8, 4) is 11.5 Å². The van der Waals surface area contributed by atoms with Crippen LogP contribution in [0.25, 0.3) is 11.0 Å². The summed E-state index contributed by atoms with van der Waals surface area (Å²) in [6.45, 7) is 2.70. The average Bonchev–Trinajstić information content (AvgIpc) is 3.24. The molecule has 0 bridgehead atoms. The van der Waals surface area contributed by atoms with E-state index in [0.717, 1.165) is 19.9 Å². The minimum absolute atomic E-state index is 0.151. The minimum Gasteiger partial charge on any atom is -0.490 e. The van der Waals surface area contributed by atoms with Crippen molar-refractivity contribution in [2.75, 3.05) is 6.61 Å². The van der Waals surface area contributed by atoms with E-state index in [1.807, 2.05) is 49.4 Å². The predicted octanol–water partition coefficient (Wildman–Crippen LogP) is 8.12. The summed E-state index contributed by atoms with van der Waals surface area (Å²) in [5.74, 6) is 0.809. The quantitative estimate of drug-likeness (QED) is 0.150. The van der Waals surface area contributed by atoms with Gasteiger partial charge in [0.2, 0.25) is 0 Å². The first-order chi connectivity index (χ1) is 16.8. The topological polar surface area (TPSA) is 73.1 Å². The van der Waals surface area contributed by atoms with Gasteiger partial charge in [0.05, 0.1) is 21.8 Å². The van der Waals surface area contributed by atoms with E-state index in [4.69, 9.17) is 25.5 Å². The maximum Gasteiger partial charge on any atom is 0.307 e. The lowest BCUT2D eigenvalue weighted by Crippen LogP contribution is -2.16. The van der Waals surface area contributed by atoms with Crippen molar-refractivity contribution in [1.29, 1.82) is 0 Å². The second kappa shape index (κ2) is 11.6. The van der Waals surface area contributed by atoms with Crippen molar-refractivity contribution in [3.05, 3.63) is 89.9 Å². The molecule has 1 amide bonds. The summed E-state index contributed by atoms with van der Waals surface area (Å²) in [4.78, 5) is 12.5. The molecule has 3 aromatic carbocycles. The van der Waals surface area contributed by atoms with Gasteiger partial charge in [-0.25, -0.2) is 5.43 Å². The molecule has 4 aromatic rings. The minimum atomic E-state index is -0.465. The summed E-state index contributed by atoms with van der Waals surface area (Å²) in [6, 6.07) is 16.4. The molecule has 0 unspecified atom stereocenters. The van der Waals surface area contributed by atoms with E-state index < -0.39 is 5.91 Å². The third-order valence-corrected chi connectivity index (χ3v) is 6.66. The Morgan fingerprint density at radius 3 is 2.57 bits per heavy atom. The molecular formula is C25H18Br3ClN2O4. The van der Waals surface area contributed by atoms with Crippen LogP contribution in [0.2, 0.25) is 5.02 Å². The highest BCUT2D eigenvalue weighted by Gasteiger charge is 2.15. The standard InChI is InChI=1S/C25H18Br3ClN2O4/c1-2-33-21-8-15(7-19(27)24(21)34-13-14-3-5-18(29)6-4-14)12-30-31-25(32)22-10-16-9-17(26)11-20(28)23(16)35-22/h3-12H,2,13H2,1H3,(H,31,32)/b30-12-. The summed E-state index contributed by atoms with van der Waals surface area (Å²) >= 11 is 16.4. The lowest BCUT2D eigenvalue weighted by Gasteiger charge is -2.14. The van der Waals surface area contributed by atoms with E-state index in [1.54, 1.807) is 12.1 Å². The van der Waals surface area contributed by atoms with Gasteiger partial charge in [0.25, 0.3) is 0 Å². The van der Waals surface area contributed by atoms with Crippen LogP contribution in [-0.4, -0.2) is 18.7 Å². The monoisotopic (exact) mass is 682 g/mol. The molecular weight excluding hydrogens is 667 g/mol. The number of hydrazone groups is 1. The molecule has 0 aliphatic rings. The maximum absolute atomic E-state index is 12.5. The van der Waals surface area contributed by atoms with Crippen LogP contribution in [0.1, 0.15) is 28.6 Å². The zero-order valence-electron chi connectivity index (χ0n) is 18.3. The summed E-state index contributed by atoms with van der Waals surface area (Å²) in [7, 11) is 0. The smallest absolute Gasteiger partial charge is 0.307 e. The fourth-order valence-corrected chi connectivity index (χ4v) is 5.25. The lowest BCUT2D eigenvalue weighted by atomic mass is 10.2. The molecule has 0 atom stereocenters. The van der Waals surface area contributed by atoms with Gasteiger partial charge >= 0.3 is 5.91 Å². The first-order valence-corrected chi connectivity index (χ1v) is 13.2. The Labute approximate surface area is 232 Å². The van der Waals surface area contributed by atoms with Crippen molar-refractivity contribution in [2.45, 2.75) is 13.5 Å². The molecule has 6 nitrogen and oxygen atoms in total. The van der Waals surface area contributed by atoms with E-state index in [2.05, 4.69) is 58.3 Å². The number of nitrogens with zero attached hydrogens (tertiary/aromatic N) is 1. The maximum atomic E-state index is 12.5. The number of rotatable bonds is 8. The summed E-state index contributed by atoms with van der Waals surface area (Å²) in [5.41, 5.74) is 4.75. The van der Waals surface area contributed by atoms with Gasteiger partial charge in [-0.2, -0.15) is 5.10 Å². The van der Waals surface area contributed by atoms with Gasteiger partial charge < -0.3 is 13.9 Å². The lowest BCUT2D eigenvalue weighted by molar-refractivity contribution is 0.0929. The molecule has 0 saturated carbocycles. The van der Waals surface area contributed by atoms with Crippen LogP contribution in [-0.2, 0) is 6.61 Å². The molecule has 35 heavy (non-hydrogen) atoms.